The SMILES string of the molecule is O=[P+](O)OSC1CC2CCC1C2. The molecule has 2 aliphatic rings. The summed E-state index contributed by atoms with van der Waals surface area (Å²) in [6.45, 7) is 0. The summed E-state index contributed by atoms with van der Waals surface area (Å²) >= 11 is 1.22. The lowest BCUT2D eigenvalue weighted by Crippen LogP contribution is -2.11. The average molecular weight is 207 g/mol. The molecule has 0 aliphatic heterocycles. The van der Waals surface area contributed by atoms with Crippen molar-refractivity contribution >= 4 is 20.3 Å². The molecule has 0 radical (unpaired) electrons. The summed E-state index contributed by atoms with van der Waals surface area (Å²) in [5.41, 5.74) is 0. The van der Waals surface area contributed by atoms with Crippen LogP contribution in [0.15, 0.2) is 0 Å². The van der Waals surface area contributed by atoms with Gasteiger partial charge in [0.15, 0.2) is 0 Å². The van der Waals surface area contributed by atoms with Crippen LogP contribution < -0.4 is 0 Å². The Morgan fingerprint density at radius 1 is 1.42 bits per heavy atom. The number of fused-ring (bicyclic) bond motifs is 2. The van der Waals surface area contributed by atoms with Gasteiger partial charge in [-0.1, -0.05) is 6.42 Å². The van der Waals surface area contributed by atoms with Gasteiger partial charge in [0, 0.05) is 9.81 Å². The van der Waals surface area contributed by atoms with Gasteiger partial charge in [-0.25, -0.2) is 0 Å². The van der Waals surface area contributed by atoms with Gasteiger partial charge in [0.2, 0.25) is 0 Å². The summed E-state index contributed by atoms with van der Waals surface area (Å²) < 4.78 is 14.9. The quantitative estimate of drug-likeness (QED) is 0.570. The predicted octanol–water partition coefficient (Wildman–Crippen LogP) is 2.49. The van der Waals surface area contributed by atoms with Crippen molar-refractivity contribution < 1.29 is 13.4 Å². The Kier molecular flexibility index (Phi) is 2.70. The second-order valence-corrected chi connectivity index (χ2v) is 5.49. The molecule has 68 valence electrons. The van der Waals surface area contributed by atoms with Crippen molar-refractivity contribution in [1.29, 1.82) is 0 Å². The second kappa shape index (κ2) is 3.62. The van der Waals surface area contributed by atoms with Crippen LogP contribution in [0, 0.1) is 11.8 Å². The van der Waals surface area contributed by atoms with Crippen LogP contribution in [0.25, 0.3) is 0 Å². The zero-order chi connectivity index (χ0) is 8.55. The summed E-state index contributed by atoms with van der Waals surface area (Å²) in [5, 5.41) is 0.481. The predicted molar refractivity (Wildman–Crippen MR) is 47.7 cm³/mol. The van der Waals surface area contributed by atoms with E-state index in [0.717, 1.165) is 11.8 Å². The molecule has 2 saturated carbocycles. The smallest absolute Gasteiger partial charge is 0.133 e. The zero-order valence-corrected chi connectivity index (χ0v) is 8.39. The fourth-order valence-corrected chi connectivity index (χ4v) is 3.89. The second-order valence-electron chi connectivity index (χ2n) is 3.62. The Morgan fingerprint density at radius 2 is 2.25 bits per heavy atom. The minimum absolute atomic E-state index is 0.481. The van der Waals surface area contributed by atoms with Crippen LogP contribution in [0.4, 0.5) is 0 Å². The minimum atomic E-state index is -2.41. The molecule has 0 aromatic heterocycles. The lowest BCUT2D eigenvalue weighted by atomic mass is 10.0. The molecule has 2 rings (SSSR count). The summed E-state index contributed by atoms with van der Waals surface area (Å²) in [4.78, 5) is 8.45. The first-order valence-corrected chi connectivity index (χ1v) is 6.19. The first kappa shape index (κ1) is 8.95. The number of rotatable bonds is 3. The highest BCUT2D eigenvalue weighted by Gasteiger charge is 2.41. The highest BCUT2D eigenvalue weighted by molar-refractivity contribution is 7.97. The zero-order valence-electron chi connectivity index (χ0n) is 6.68. The molecule has 1 N–H and O–H groups in total. The van der Waals surface area contributed by atoms with Crippen LogP contribution in [-0.4, -0.2) is 10.1 Å². The Labute approximate surface area is 77.0 Å². The third-order valence-corrected chi connectivity index (χ3v) is 4.58. The Morgan fingerprint density at radius 3 is 2.75 bits per heavy atom. The van der Waals surface area contributed by atoms with Gasteiger partial charge in [-0.05, 0) is 35.1 Å². The molecular formula is C7H12O3PS+. The Balaban J connectivity index is 1.79. The van der Waals surface area contributed by atoms with Gasteiger partial charge in [-0.15, -0.1) is 4.89 Å². The van der Waals surface area contributed by atoms with Crippen molar-refractivity contribution in [2.45, 2.75) is 30.9 Å². The third-order valence-electron chi connectivity index (χ3n) is 2.90. The molecule has 0 amide bonds. The van der Waals surface area contributed by atoms with Gasteiger partial charge in [0.1, 0.15) is 0 Å². The molecule has 4 atom stereocenters. The van der Waals surface area contributed by atoms with Crippen molar-refractivity contribution in [3.8, 4) is 0 Å². The van der Waals surface area contributed by atoms with Crippen LogP contribution in [0.5, 0.6) is 0 Å². The van der Waals surface area contributed by atoms with Gasteiger partial charge in [0.25, 0.3) is 0 Å². The molecule has 12 heavy (non-hydrogen) atoms. The first-order valence-electron chi connectivity index (χ1n) is 4.25. The third kappa shape index (κ3) is 1.82. The fourth-order valence-electron chi connectivity index (χ4n) is 2.40. The summed E-state index contributed by atoms with van der Waals surface area (Å²) in [6, 6.07) is 0. The van der Waals surface area contributed by atoms with Gasteiger partial charge < -0.3 is 0 Å². The molecule has 4 unspecified atom stereocenters. The Bertz CT molecular complexity index is 199. The van der Waals surface area contributed by atoms with E-state index < -0.39 is 8.25 Å². The maximum atomic E-state index is 10.3. The van der Waals surface area contributed by atoms with Crippen molar-refractivity contribution in [3.05, 3.63) is 0 Å². The van der Waals surface area contributed by atoms with E-state index in [0.29, 0.717) is 5.25 Å². The van der Waals surface area contributed by atoms with Crippen LogP contribution in [0.3, 0.4) is 0 Å². The average Bonchev–Trinajstić information content (AvgIpc) is 2.60. The molecule has 2 fully saturated rings. The molecular weight excluding hydrogens is 195 g/mol. The van der Waals surface area contributed by atoms with E-state index in [9.17, 15) is 4.57 Å². The van der Waals surface area contributed by atoms with Crippen molar-refractivity contribution in [2.75, 3.05) is 0 Å². The lowest BCUT2D eigenvalue weighted by Gasteiger charge is -2.16. The molecule has 2 aliphatic carbocycles. The standard InChI is InChI=1S/C7H11O3PS/c8-11(9)10-12-7-4-5-1-2-6(7)3-5/h5-7H,1-4H2/p+1. The molecule has 0 saturated heterocycles. The van der Waals surface area contributed by atoms with E-state index in [1.54, 1.807) is 0 Å². The van der Waals surface area contributed by atoms with E-state index in [1.807, 2.05) is 0 Å². The molecule has 0 aromatic rings. The van der Waals surface area contributed by atoms with E-state index in [1.165, 1.54) is 37.7 Å². The van der Waals surface area contributed by atoms with Gasteiger partial charge in [0.05, 0.1) is 12.0 Å². The van der Waals surface area contributed by atoms with E-state index in [4.69, 9.17) is 4.89 Å². The van der Waals surface area contributed by atoms with Crippen LogP contribution in [0.1, 0.15) is 25.7 Å². The van der Waals surface area contributed by atoms with Crippen LogP contribution in [-0.2, 0) is 8.54 Å². The normalized spacial score (nSPS) is 40.4. The summed E-state index contributed by atoms with van der Waals surface area (Å²) in [6.07, 6.45) is 5.13. The minimum Gasteiger partial charge on any atom is -0.133 e. The van der Waals surface area contributed by atoms with E-state index in [-0.39, 0.29) is 0 Å². The maximum Gasteiger partial charge on any atom is 0.707 e. The highest BCUT2D eigenvalue weighted by Crippen LogP contribution is 2.50. The van der Waals surface area contributed by atoms with Gasteiger partial charge in [-0.2, -0.15) is 0 Å². The van der Waals surface area contributed by atoms with Crippen molar-refractivity contribution in [2.24, 2.45) is 11.8 Å². The van der Waals surface area contributed by atoms with Crippen LogP contribution in [0.2, 0.25) is 0 Å². The largest absolute Gasteiger partial charge is 0.707 e. The lowest BCUT2D eigenvalue weighted by molar-refractivity contribution is 0.424. The molecule has 5 heteroatoms. The summed E-state index contributed by atoms with van der Waals surface area (Å²) in [7, 11) is -2.41. The molecule has 3 nitrogen and oxygen atoms in total. The van der Waals surface area contributed by atoms with Crippen LogP contribution >= 0.6 is 20.3 Å². The number of hydrogen-bond acceptors (Lipinski definition) is 3. The maximum absolute atomic E-state index is 10.3. The molecule has 0 spiro atoms. The number of hydrogen-bond donors (Lipinski definition) is 1. The van der Waals surface area contributed by atoms with E-state index in [2.05, 4.69) is 3.97 Å². The van der Waals surface area contributed by atoms with E-state index >= 15 is 0 Å². The highest BCUT2D eigenvalue weighted by atomic mass is 32.2. The molecule has 0 heterocycles. The monoisotopic (exact) mass is 207 g/mol. The van der Waals surface area contributed by atoms with Gasteiger partial charge >= 0.3 is 8.25 Å². The molecule has 2 bridgehead atoms. The Hall–Kier alpha value is 0.370. The van der Waals surface area contributed by atoms with Crippen molar-refractivity contribution in [3.63, 3.8) is 0 Å². The topological polar surface area (TPSA) is 46.5 Å². The fraction of sp³-hybridized carbons (Fsp3) is 1.00. The first-order chi connectivity index (χ1) is 5.75. The van der Waals surface area contributed by atoms with Gasteiger partial charge in [-0.3, -0.25) is 0 Å². The summed E-state index contributed by atoms with van der Waals surface area (Å²) in [5.74, 6) is 1.61. The molecule has 0 aromatic carbocycles. The van der Waals surface area contributed by atoms with Crippen molar-refractivity contribution in [1.82, 2.24) is 0 Å².